The number of sulfonamides is 1. The van der Waals surface area contributed by atoms with E-state index in [4.69, 9.17) is 19.0 Å². The fourth-order valence-electron chi connectivity index (χ4n) is 3.32. The van der Waals surface area contributed by atoms with Crippen LogP contribution in [0.1, 0.15) is 12.0 Å². The van der Waals surface area contributed by atoms with Crippen LogP contribution in [0, 0.1) is 0 Å². The monoisotopic (exact) mass is 475 g/mol. The topological polar surface area (TPSA) is 163 Å². The number of hydrogen-bond donors (Lipinski definition) is 5. The number of para-hydroxylation sites is 1. The van der Waals surface area contributed by atoms with E-state index in [0.29, 0.717) is 12.2 Å². The van der Waals surface area contributed by atoms with Gasteiger partial charge in [0.1, 0.15) is 5.82 Å². The van der Waals surface area contributed by atoms with E-state index in [-0.39, 0.29) is 11.3 Å². The number of anilines is 1. The molecule has 168 valence electrons. The number of benzene rings is 3. The van der Waals surface area contributed by atoms with Gasteiger partial charge in [-0.1, -0.05) is 48.5 Å². The quantitative estimate of drug-likeness (QED) is 0.269. The molecule has 3 aromatic carbocycles. The molecule has 1 heterocycles. The Morgan fingerprint density at radius 2 is 1.62 bits per heavy atom. The molecule has 6 N–H and O–H groups in total. The van der Waals surface area contributed by atoms with Crippen LogP contribution in [-0.2, 0) is 32.6 Å². The van der Waals surface area contributed by atoms with E-state index in [1.807, 2.05) is 48.5 Å². The molecule has 0 atom stereocenters. The van der Waals surface area contributed by atoms with Crippen molar-refractivity contribution in [3.8, 4) is 0 Å². The molecule has 32 heavy (non-hydrogen) atoms. The molecule has 4 rings (SSSR count). The average Bonchev–Trinajstić information content (AvgIpc) is 3.07. The second-order valence-corrected chi connectivity index (χ2v) is 8.98. The number of rotatable bonds is 6. The van der Waals surface area contributed by atoms with Crippen molar-refractivity contribution >= 4 is 54.8 Å². The normalized spacial score (nSPS) is 11.3. The summed E-state index contributed by atoms with van der Waals surface area (Å²) in [5, 5.41) is 2.67. The zero-order valence-corrected chi connectivity index (χ0v) is 18.3. The number of aryl methyl sites for hydroxylation is 1. The van der Waals surface area contributed by atoms with Gasteiger partial charge < -0.3 is 10.7 Å². The van der Waals surface area contributed by atoms with Gasteiger partial charge >= 0.3 is 0 Å². The van der Waals surface area contributed by atoms with E-state index >= 15 is 0 Å². The van der Waals surface area contributed by atoms with Crippen molar-refractivity contribution in [2.24, 2.45) is 5.73 Å². The summed E-state index contributed by atoms with van der Waals surface area (Å²) in [6.45, 7) is 0. The molecule has 1 aromatic heterocycles. The van der Waals surface area contributed by atoms with Crippen LogP contribution in [0.2, 0.25) is 0 Å². The molecule has 0 unspecified atom stereocenters. The van der Waals surface area contributed by atoms with Crippen molar-refractivity contribution < 1.29 is 26.5 Å². The lowest BCUT2D eigenvalue weighted by atomic mass is 10.1. The van der Waals surface area contributed by atoms with Gasteiger partial charge in [-0.2, -0.15) is 4.21 Å². The summed E-state index contributed by atoms with van der Waals surface area (Å²) in [6.07, 6.45) is 0.474. The number of hydrogen-bond acceptors (Lipinski definition) is 4. The number of carbonyl (C=O) groups is 1. The van der Waals surface area contributed by atoms with E-state index in [2.05, 4.69) is 9.71 Å². The summed E-state index contributed by atoms with van der Waals surface area (Å²) < 4.78 is 51.5. The minimum absolute atomic E-state index is 0.131. The Labute approximate surface area is 186 Å². The molecule has 1 amide bonds. The fourth-order valence-corrected chi connectivity index (χ4v) is 4.41. The third kappa shape index (κ3) is 5.71. The highest BCUT2D eigenvalue weighted by Gasteiger charge is 2.20. The number of H-pyrrole nitrogens is 1. The van der Waals surface area contributed by atoms with Crippen molar-refractivity contribution in [2.75, 3.05) is 4.72 Å². The Hall–Kier alpha value is -3.25. The Kier molecular flexibility index (Phi) is 7.26. The Morgan fingerprint density at radius 3 is 2.31 bits per heavy atom. The van der Waals surface area contributed by atoms with E-state index in [9.17, 15) is 13.2 Å². The van der Waals surface area contributed by atoms with Crippen LogP contribution in [0.3, 0.4) is 0 Å². The number of nitrogens with two attached hydrogens (primary N) is 1. The molecule has 9 nitrogen and oxygen atoms in total. The Balaban J connectivity index is 0.000000668. The first kappa shape index (κ1) is 23.4. The molecular formula is C21H21N3O6S2. The van der Waals surface area contributed by atoms with Gasteiger partial charge in [-0.3, -0.25) is 18.6 Å². The van der Waals surface area contributed by atoms with Crippen LogP contribution in [0.5, 0.6) is 0 Å². The molecule has 0 bridgehead atoms. The maximum atomic E-state index is 13.0. The highest BCUT2D eigenvalue weighted by Crippen LogP contribution is 2.29. The van der Waals surface area contributed by atoms with Gasteiger partial charge in [-0.15, -0.1) is 0 Å². The highest BCUT2D eigenvalue weighted by molar-refractivity contribution is 7.92. The van der Waals surface area contributed by atoms with Gasteiger partial charge in [0.05, 0.1) is 4.90 Å². The predicted molar refractivity (Wildman–Crippen MR) is 124 cm³/mol. The molecular weight excluding hydrogens is 454 g/mol. The van der Waals surface area contributed by atoms with Crippen LogP contribution < -0.4 is 10.5 Å². The van der Waals surface area contributed by atoms with Gasteiger partial charge in [-0.05, 0) is 35.4 Å². The lowest BCUT2D eigenvalue weighted by Crippen LogP contribution is -2.15. The molecule has 0 saturated carbocycles. The van der Waals surface area contributed by atoms with Crippen molar-refractivity contribution in [3.63, 3.8) is 0 Å². The molecule has 0 aliphatic carbocycles. The molecule has 0 radical (unpaired) electrons. The summed E-state index contributed by atoms with van der Waals surface area (Å²) in [5.74, 6) is -0.0794. The lowest BCUT2D eigenvalue weighted by molar-refractivity contribution is -0.117. The molecule has 0 aliphatic heterocycles. The van der Waals surface area contributed by atoms with Crippen LogP contribution in [0.15, 0.2) is 71.6 Å². The Morgan fingerprint density at radius 1 is 1.00 bits per heavy atom. The molecule has 0 aliphatic rings. The maximum absolute atomic E-state index is 13.0. The predicted octanol–water partition coefficient (Wildman–Crippen LogP) is 3.22. The molecule has 11 heteroatoms. The largest absolute Gasteiger partial charge is 0.370 e. The number of carbonyl (C=O) groups excluding carboxylic acids is 1. The molecule has 0 fully saturated rings. The first-order valence-electron chi connectivity index (χ1n) is 9.37. The summed E-state index contributed by atoms with van der Waals surface area (Å²) in [7, 11) is -3.81. The first-order valence-corrected chi connectivity index (χ1v) is 11.9. The van der Waals surface area contributed by atoms with Crippen molar-refractivity contribution in [3.05, 3.63) is 72.3 Å². The van der Waals surface area contributed by atoms with Crippen LogP contribution in [-0.4, -0.2) is 32.6 Å². The number of amides is 1. The van der Waals surface area contributed by atoms with Gasteiger partial charge in [-0.25, -0.2) is 8.42 Å². The van der Waals surface area contributed by atoms with E-state index in [0.717, 1.165) is 27.2 Å². The lowest BCUT2D eigenvalue weighted by Gasteiger charge is -2.10. The maximum Gasteiger partial charge on any atom is 0.299 e. The summed E-state index contributed by atoms with van der Waals surface area (Å²) in [4.78, 5) is 14.5. The van der Waals surface area contributed by atoms with Crippen LogP contribution in [0.4, 0.5) is 5.82 Å². The SMILES string of the molecule is NC(=O)CCc1c(NS(=O)(=O)c2ccc3ccccc3c2)[nH]c2ccccc12.O=S(O)O. The van der Waals surface area contributed by atoms with Crippen molar-refractivity contribution in [1.29, 1.82) is 0 Å². The third-order valence-corrected chi connectivity index (χ3v) is 6.05. The second-order valence-electron chi connectivity index (χ2n) is 6.84. The number of nitrogens with one attached hydrogen (secondary N) is 2. The van der Waals surface area contributed by atoms with E-state index < -0.39 is 27.3 Å². The minimum atomic E-state index is -3.81. The van der Waals surface area contributed by atoms with Crippen molar-refractivity contribution in [1.82, 2.24) is 4.98 Å². The zero-order valence-electron chi connectivity index (χ0n) is 16.7. The van der Waals surface area contributed by atoms with Crippen LogP contribution >= 0.6 is 0 Å². The minimum Gasteiger partial charge on any atom is -0.370 e. The number of fused-ring (bicyclic) bond motifs is 2. The summed E-state index contributed by atoms with van der Waals surface area (Å²) in [5.41, 5.74) is 6.80. The summed E-state index contributed by atoms with van der Waals surface area (Å²) >= 11 is -2.61. The molecule has 0 saturated heterocycles. The fraction of sp³-hybridized carbons (Fsp3) is 0.0952. The first-order chi connectivity index (χ1) is 15.2. The van der Waals surface area contributed by atoms with E-state index in [1.54, 1.807) is 18.2 Å². The van der Waals surface area contributed by atoms with Crippen molar-refractivity contribution in [2.45, 2.75) is 17.7 Å². The highest BCUT2D eigenvalue weighted by atomic mass is 32.2. The van der Waals surface area contributed by atoms with Gasteiger partial charge in [0.25, 0.3) is 21.4 Å². The zero-order chi connectivity index (χ0) is 23.3. The molecule has 0 spiro atoms. The van der Waals surface area contributed by atoms with Crippen LogP contribution in [0.25, 0.3) is 21.7 Å². The number of aromatic amines is 1. The number of aromatic nitrogens is 1. The van der Waals surface area contributed by atoms with Gasteiger partial charge in [0.15, 0.2) is 0 Å². The smallest absolute Gasteiger partial charge is 0.299 e. The van der Waals surface area contributed by atoms with Gasteiger partial charge in [0.2, 0.25) is 5.91 Å². The summed E-state index contributed by atoms with van der Waals surface area (Å²) in [6, 6.07) is 20.0. The standard InChI is InChI=1S/C21H19N3O3S.H2O3S/c22-20(25)12-11-18-17-7-3-4-8-19(17)23-21(18)24-28(26,27)16-10-9-14-5-1-2-6-15(14)13-16;1-4(2)3/h1-10,13,23-24H,11-12H2,(H2,22,25);(H2,1,2,3). The molecule has 4 aromatic rings. The number of primary amides is 1. The van der Waals surface area contributed by atoms with Gasteiger partial charge in [0, 0.05) is 22.9 Å². The average molecular weight is 476 g/mol. The second kappa shape index (κ2) is 9.92. The Bertz CT molecular complexity index is 1400. The van der Waals surface area contributed by atoms with E-state index in [1.165, 1.54) is 0 Å². The third-order valence-electron chi connectivity index (χ3n) is 4.70.